The quantitative estimate of drug-likeness (QED) is 0.765. The maximum Gasteiger partial charge on any atom is 0.265 e. The zero-order valence-electron chi connectivity index (χ0n) is 10.4. The van der Waals surface area contributed by atoms with E-state index in [1.807, 2.05) is 22.6 Å². The molecule has 0 radical (unpaired) electrons. The maximum absolute atomic E-state index is 13.0. The SMILES string of the molecule is CNc1ncccc1S(=O)(=O)Nc1ccc(F)cc1I. The molecule has 20 heavy (non-hydrogen) atoms. The van der Waals surface area contributed by atoms with E-state index >= 15 is 0 Å². The van der Waals surface area contributed by atoms with Crippen LogP contribution in [0.4, 0.5) is 15.9 Å². The van der Waals surface area contributed by atoms with Crippen LogP contribution in [0, 0.1) is 9.39 Å². The first-order valence-electron chi connectivity index (χ1n) is 5.54. The molecule has 0 unspecified atom stereocenters. The van der Waals surface area contributed by atoms with Gasteiger partial charge in [0.2, 0.25) is 0 Å². The van der Waals surface area contributed by atoms with Gasteiger partial charge in [0.15, 0.2) is 0 Å². The van der Waals surface area contributed by atoms with Crippen molar-refractivity contribution in [3.63, 3.8) is 0 Å². The van der Waals surface area contributed by atoms with Crippen LogP contribution in [-0.4, -0.2) is 20.4 Å². The lowest BCUT2D eigenvalue weighted by Crippen LogP contribution is -2.16. The summed E-state index contributed by atoms with van der Waals surface area (Å²) in [6.45, 7) is 0. The number of benzene rings is 1. The van der Waals surface area contributed by atoms with E-state index in [2.05, 4.69) is 15.0 Å². The molecule has 0 aliphatic rings. The van der Waals surface area contributed by atoms with Crippen LogP contribution in [0.5, 0.6) is 0 Å². The number of nitrogens with zero attached hydrogens (tertiary/aromatic N) is 1. The first-order valence-corrected chi connectivity index (χ1v) is 8.11. The third-order valence-corrected chi connectivity index (χ3v) is 4.76. The highest BCUT2D eigenvalue weighted by atomic mass is 127. The minimum Gasteiger partial charge on any atom is -0.372 e. The summed E-state index contributed by atoms with van der Waals surface area (Å²) in [5.74, 6) is -0.174. The summed E-state index contributed by atoms with van der Waals surface area (Å²) >= 11 is 1.87. The predicted octanol–water partition coefficient (Wildman–Crippen LogP) is 2.67. The molecule has 5 nitrogen and oxygen atoms in total. The molecule has 0 amide bonds. The summed E-state index contributed by atoms with van der Waals surface area (Å²) < 4.78 is 40.6. The highest BCUT2D eigenvalue weighted by Gasteiger charge is 2.20. The molecule has 106 valence electrons. The van der Waals surface area contributed by atoms with Gasteiger partial charge in [0.25, 0.3) is 10.0 Å². The van der Waals surface area contributed by atoms with Gasteiger partial charge in [-0.3, -0.25) is 4.72 Å². The van der Waals surface area contributed by atoms with Gasteiger partial charge in [0, 0.05) is 16.8 Å². The van der Waals surface area contributed by atoms with Crippen LogP contribution < -0.4 is 10.0 Å². The fraction of sp³-hybridized carbons (Fsp3) is 0.0833. The Morgan fingerprint density at radius 2 is 2.05 bits per heavy atom. The van der Waals surface area contributed by atoms with Crippen molar-refractivity contribution >= 4 is 44.1 Å². The van der Waals surface area contributed by atoms with Crippen molar-refractivity contribution in [3.8, 4) is 0 Å². The van der Waals surface area contributed by atoms with Crippen LogP contribution in [0.15, 0.2) is 41.4 Å². The summed E-state index contributed by atoms with van der Waals surface area (Å²) in [5.41, 5.74) is 0.318. The van der Waals surface area contributed by atoms with Crippen molar-refractivity contribution in [3.05, 3.63) is 45.9 Å². The largest absolute Gasteiger partial charge is 0.372 e. The molecule has 2 aromatic rings. The molecule has 0 aliphatic carbocycles. The van der Waals surface area contributed by atoms with E-state index in [9.17, 15) is 12.8 Å². The summed E-state index contributed by atoms with van der Waals surface area (Å²) in [6.07, 6.45) is 1.49. The average Bonchev–Trinajstić information content (AvgIpc) is 2.42. The van der Waals surface area contributed by atoms with Gasteiger partial charge in [-0.15, -0.1) is 0 Å². The van der Waals surface area contributed by atoms with Crippen molar-refractivity contribution in [1.29, 1.82) is 0 Å². The summed E-state index contributed by atoms with van der Waals surface area (Å²) in [5, 5.41) is 2.72. The van der Waals surface area contributed by atoms with Crippen LogP contribution in [-0.2, 0) is 10.0 Å². The molecule has 0 atom stereocenters. The average molecular weight is 407 g/mol. The van der Waals surface area contributed by atoms with Gasteiger partial charge >= 0.3 is 0 Å². The minimum absolute atomic E-state index is 0.0302. The molecule has 0 fully saturated rings. The molecule has 0 saturated heterocycles. The molecular weight excluding hydrogens is 396 g/mol. The number of rotatable bonds is 4. The molecule has 2 rings (SSSR count). The van der Waals surface area contributed by atoms with Crippen molar-refractivity contribution in [2.45, 2.75) is 4.90 Å². The third kappa shape index (κ3) is 3.18. The molecule has 8 heteroatoms. The number of halogens is 2. The van der Waals surface area contributed by atoms with Gasteiger partial charge in [-0.2, -0.15) is 0 Å². The second-order valence-corrected chi connectivity index (χ2v) is 6.64. The monoisotopic (exact) mass is 407 g/mol. The van der Waals surface area contributed by atoms with E-state index < -0.39 is 15.8 Å². The molecule has 2 N–H and O–H groups in total. The van der Waals surface area contributed by atoms with Crippen LogP contribution in [0.3, 0.4) is 0 Å². The Kier molecular flexibility index (Phi) is 4.43. The Morgan fingerprint density at radius 1 is 1.30 bits per heavy atom. The predicted molar refractivity (Wildman–Crippen MR) is 83.7 cm³/mol. The summed E-state index contributed by atoms with van der Waals surface area (Å²) in [6, 6.07) is 6.80. The van der Waals surface area contributed by atoms with Gasteiger partial charge < -0.3 is 5.32 Å². The molecule has 0 aliphatic heterocycles. The lowest BCUT2D eigenvalue weighted by atomic mass is 10.3. The fourth-order valence-corrected chi connectivity index (χ4v) is 3.61. The van der Waals surface area contributed by atoms with E-state index in [4.69, 9.17) is 0 Å². The lowest BCUT2D eigenvalue weighted by molar-refractivity contribution is 0.601. The normalized spacial score (nSPS) is 11.2. The van der Waals surface area contributed by atoms with Crippen molar-refractivity contribution < 1.29 is 12.8 Å². The van der Waals surface area contributed by atoms with E-state index in [1.165, 1.54) is 36.5 Å². The van der Waals surface area contributed by atoms with Gasteiger partial charge in [-0.25, -0.2) is 17.8 Å². The van der Waals surface area contributed by atoms with E-state index in [0.717, 1.165) is 0 Å². The van der Waals surface area contributed by atoms with Crippen molar-refractivity contribution in [2.75, 3.05) is 17.1 Å². The highest BCUT2D eigenvalue weighted by molar-refractivity contribution is 14.1. The van der Waals surface area contributed by atoms with E-state index in [-0.39, 0.29) is 10.7 Å². The molecule has 1 aromatic heterocycles. The number of nitrogens with one attached hydrogen (secondary N) is 2. The molecule has 0 spiro atoms. The van der Waals surface area contributed by atoms with Gasteiger partial charge in [-0.05, 0) is 52.9 Å². The minimum atomic E-state index is -3.79. The number of hydrogen-bond donors (Lipinski definition) is 2. The first-order chi connectivity index (χ1) is 9.44. The smallest absolute Gasteiger partial charge is 0.265 e. The molecular formula is C12H11FIN3O2S. The van der Waals surface area contributed by atoms with Crippen molar-refractivity contribution in [1.82, 2.24) is 4.98 Å². The zero-order chi connectivity index (χ0) is 14.8. The number of hydrogen-bond acceptors (Lipinski definition) is 4. The van der Waals surface area contributed by atoms with Crippen LogP contribution in [0.1, 0.15) is 0 Å². The van der Waals surface area contributed by atoms with E-state index in [1.54, 1.807) is 7.05 Å². The number of aromatic nitrogens is 1. The fourth-order valence-electron chi connectivity index (χ4n) is 1.57. The summed E-state index contributed by atoms with van der Waals surface area (Å²) in [7, 11) is -2.21. The second-order valence-electron chi connectivity index (χ2n) is 3.83. The van der Waals surface area contributed by atoms with Crippen LogP contribution in [0.2, 0.25) is 0 Å². The Balaban J connectivity index is 2.41. The van der Waals surface area contributed by atoms with Gasteiger partial charge in [0.05, 0.1) is 5.69 Å². The summed E-state index contributed by atoms with van der Waals surface area (Å²) in [4.78, 5) is 3.98. The lowest BCUT2D eigenvalue weighted by Gasteiger charge is -2.12. The van der Waals surface area contributed by atoms with Crippen LogP contribution >= 0.6 is 22.6 Å². The Bertz CT molecular complexity index is 737. The standard InChI is InChI=1S/C12H11FIN3O2S/c1-15-12-11(3-2-6-16-12)20(18,19)17-10-5-4-8(13)7-9(10)14/h2-7,17H,1H3,(H,15,16). The zero-order valence-corrected chi connectivity index (χ0v) is 13.4. The second kappa shape index (κ2) is 5.92. The Morgan fingerprint density at radius 3 is 2.70 bits per heavy atom. The van der Waals surface area contributed by atoms with Crippen LogP contribution in [0.25, 0.3) is 0 Å². The first kappa shape index (κ1) is 15.0. The Hall–Kier alpha value is -1.42. The highest BCUT2D eigenvalue weighted by Crippen LogP contribution is 2.25. The van der Waals surface area contributed by atoms with Gasteiger partial charge in [-0.1, -0.05) is 0 Å². The van der Waals surface area contributed by atoms with Crippen molar-refractivity contribution in [2.24, 2.45) is 0 Å². The maximum atomic E-state index is 13.0. The Labute approximate surface area is 129 Å². The molecule has 1 heterocycles. The van der Waals surface area contributed by atoms with Gasteiger partial charge in [0.1, 0.15) is 16.5 Å². The number of pyridine rings is 1. The third-order valence-electron chi connectivity index (χ3n) is 2.47. The molecule has 0 bridgehead atoms. The molecule has 1 aromatic carbocycles. The number of sulfonamides is 1. The topological polar surface area (TPSA) is 71.1 Å². The van der Waals surface area contributed by atoms with E-state index in [0.29, 0.717) is 9.26 Å². The number of anilines is 2. The molecule has 0 saturated carbocycles.